The second-order valence-corrected chi connectivity index (χ2v) is 4.95. The van der Waals surface area contributed by atoms with Crippen LogP contribution in [0.4, 0.5) is 0 Å². The maximum absolute atomic E-state index is 11.0. The summed E-state index contributed by atoms with van der Waals surface area (Å²) in [5.74, 6) is -0.674. The molecule has 92 valence electrons. The van der Waals surface area contributed by atoms with Crippen LogP contribution in [0.5, 0.6) is 0 Å². The number of carboxylic acids is 1. The number of likely N-dealkylation sites (tertiary alicyclic amines) is 1. The number of ether oxygens (including phenoxy) is 1. The summed E-state index contributed by atoms with van der Waals surface area (Å²) in [5, 5.41) is 9.09. The Bertz CT molecular complexity index is 243. The van der Waals surface area contributed by atoms with E-state index in [0.717, 1.165) is 25.9 Å². The molecule has 0 bridgehead atoms. The van der Waals surface area contributed by atoms with Crippen LogP contribution in [0.3, 0.4) is 0 Å². The molecule has 0 aromatic carbocycles. The standard InChI is InChI=1S/C12H21NO3/c14-11(15)10-12(4-8-16-9-5-12)13-6-2-1-3-7-13/h1-10H2,(H,14,15). The highest BCUT2D eigenvalue weighted by atomic mass is 16.5. The highest BCUT2D eigenvalue weighted by molar-refractivity contribution is 5.68. The zero-order chi connectivity index (χ0) is 11.4. The largest absolute Gasteiger partial charge is 0.481 e. The molecule has 0 spiro atoms. The number of carbonyl (C=O) groups is 1. The number of carboxylic acid groups (broad SMARTS) is 1. The van der Waals surface area contributed by atoms with Crippen LogP contribution in [0.25, 0.3) is 0 Å². The van der Waals surface area contributed by atoms with E-state index < -0.39 is 5.97 Å². The third kappa shape index (κ3) is 2.55. The minimum absolute atomic E-state index is 0.121. The van der Waals surface area contributed by atoms with E-state index in [1.807, 2.05) is 0 Å². The highest BCUT2D eigenvalue weighted by Crippen LogP contribution is 2.33. The molecule has 1 N–H and O–H groups in total. The average molecular weight is 227 g/mol. The summed E-state index contributed by atoms with van der Waals surface area (Å²) >= 11 is 0. The molecule has 2 heterocycles. The third-order valence-corrected chi connectivity index (χ3v) is 3.93. The molecule has 0 amide bonds. The Morgan fingerprint density at radius 2 is 1.81 bits per heavy atom. The van der Waals surface area contributed by atoms with E-state index in [2.05, 4.69) is 4.90 Å². The summed E-state index contributed by atoms with van der Waals surface area (Å²) in [5.41, 5.74) is -0.121. The molecular weight excluding hydrogens is 206 g/mol. The Morgan fingerprint density at radius 3 is 2.38 bits per heavy atom. The normalized spacial score (nSPS) is 26.5. The Balaban J connectivity index is 2.07. The Kier molecular flexibility index (Phi) is 3.82. The van der Waals surface area contributed by atoms with Crippen molar-refractivity contribution in [1.29, 1.82) is 0 Å². The van der Waals surface area contributed by atoms with E-state index in [9.17, 15) is 4.79 Å². The van der Waals surface area contributed by atoms with Crippen LogP contribution < -0.4 is 0 Å². The van der Waals surface area contributed by atoms with Gasteiger partial charge in [0.05, 0.1) is 6.42 Å². The van der Waals surface area contributed by atoms with Crippen molar-refractivity contribution in [2.24, 2.45) is 0 Å². The lowest BCUT2D eigenvalue weighted by Crippen LogP contribution is -2.55. The molecule has 0 atom stereocenters. The van der Waals surface area contributed by atoms with Gasteiger partial charge in [0.25, 0.3) is 0 Å². The molecule has 2 aliphatic heterocycles. The maximum atomic E-state index is 11.0. The number of aliphatic carboxylic acids is 1. The molecule has 0 aromatic rings. The van der Waals surface area contributed by atoms with Gasteiger partial charge in [-0.05, 0) is 38.8 Å². The lowest BCUT2D eigenvalue weighted by molar-refractivity contribution is -0.143. The van der Waals surface area contributed by atoms with Gasteiger partial charge in [0, 0.05) is 18.8 Å². The second kappa shape index (κ2) is 5.15. The van der Waals surface area contributed by atoms with Gasteiger partial charge in [-0.25, -0.2) is 0 Å². The minimum atomic E-state index is -0.674. The number of nitrogens with zero attached hydrogens (tertiary/aromatic N) is 1. The fourth-order valence-electron chi connectivity index (χ4n) is 3.01. The van der Waals surface area contributed by atoms with Crippen LogP contribution in [0.2, 0.25) is 0 Å². The van der Waals surface area contributed by atoms with Gasteiger partial charge in [-0.1, -0.05) is 6.42 Å². The van der Waals surface area contributed by atoms with Gasteiger partial charge in [0.1, 0.15) is 0 Å². The zero-order valence-electron chi connectivity index (χ0n) is 9.78. The molecule has 0 radical (unpaired) electrons. The fraction of sp³-hybridized carbons (Fsp3) is 0.917. The van der Waals surface area contributed by atoms with E-state index in [-0.39, 0.29) is 12.0 Å². The van der Waals surface area contributed by atoms with Gasteiger partial charge in [0.2, 0.25) is 0 Å². The van der Waals surface area contributed by atoms with E-state index >= 15 is 0 Å². The molecule has 2 aliphatic rings. The van der Waals surface area contributed by atoms with Gasteiger partial charge < -0.3 is 9.84 Å². The Morgan fingerprint density at radius 1 is 1.19 bits per heavy atom. The minimum Gasteiger partial charge on any atom is -0.481 e. The van der Waals surface area contributed by atoms with Crippen LogP contribution in [-0.2, 0) is 9.53 Å². The van der Waals surface area contributed by atoms with E-state index in [0.29, 0.717) is 13.2 Å². The first-order chi connectivity index (χ1) is 7.73. The molecule has 0 aliphatic carbocycles. The molecular formula is C12H21NO3. The molecule has 0 saturated carbocycles. The fourth-order valence-corrected chi connectivity index (χ4v) is 3.01. The van der Waals surface area contributed by atoms with E-state index in [1.54, 1.807) is 0 Å². The van der Waals surface area contributed by atoms with Crippen LogP contribution in [0, 0.1) is 0 Å². The van der Waals surface area contributed by atoms with Gasteiger partial charge in [-0.15, -0.1) is 0 Å². The summed E-state index contributed by atoms with van der Waals surface area (Å²) < 4.78 is 5.38. The lowest BCUT2D eigenvalue weighted by atomic mass is 9.83. The van der Waals surface area contributed by atoms with Crippen molar-refractivity contribution in [3.8, 4) is 0 Å². The smallest absolute Gasteiger partial charge is 0.305 e. The first kappa shape index (κ1) is 11.9. The number of piperidine rings is 1. The Hall–Kier alpha value is -0.610. The number of rotatable bonds is 3. The van der Waals surface area contributed by atoms with E-state index in [1.165, 1.54) is 19.3 Å². The van der Waals surface area contributed by atoms with Gasteiger partial charge in [0.15, 0.2) is 0 Å². The molecule has 2 saturated heterocycles. The van der Waals surface area contributed by atoms with Crippen molar-refractivity contribution in [1.82, 2.24) is 4.90 Å². The summed E-state index contributed by atoms with van der Waals surface area (Å²) in [7, 11) is 0. The SMILES string of the molecule is O=C(O)CC1(N2CCCCC2)CCOCC1. The van der Waals surface area contributed by atoms with Crippen LogP contribution in [-0.4, -0.2) is 47.8 Å². The average Bonchev–Trinajstić information content (AvgIpc) is 2.30. The first-order valence-electron chi connectivity index (χ1n) is 6.28. The maximum Gasteiger partial charge on any atom is 0.305 e. The third-order valence-electron chi connectivity index (χ3n) is 3.93. The van der Waals surface area contributed by atoms with Crippen molar-refractivity contribution in [2.45, 2.75) is 44.1 Å². The lowest BCUT2D eigenvalue weighted by Gasteiger charge is -2.47. The summed E-state index contributed by atoms with van der Waals surface area (Å²) in [6.45, 7) is 3.55. The van der Waals surface area contributed by atoms with Gasteiger partial charge in [-0.3, -0.25) is 9.69 Å². The quantitative estimate of drug-likeness (QED) is 0.793. The monoisotopic (exact) mass is 227 g/mol. The summed E-state index contributed by atoms with van der Waals surface area (Å²) in [6, 6.07) is 0. The van der Waals surface area contributed by atoms with Crippen molar-refractivity contribution in [2.75, 3.05) is 26.3 Å². The van der Waals surface area contributed by atoms with Crippen molar-refractivity contribution in [3.63, 3.8) is 0 Å². The van der Waals surface area contributed by atoms with Crippen LogP contribution in [0.15, 0.2) is 0 Å². The summed E-state index contributed by atoms with van der Waals surface area (Å²) in [4.78, 5) is 13.5. The van der Waals surface area contributed by atoms with Gasteiger partial charge in [-0.2, -0.15) is 0 Å². The van der Waals surface area contributed by atoms with Crippen molar-refractivity contribution in [3.05, 3.63) is 0 Å². The summed E-state index contributed by atoms with van der Waals surface area (Å²) in [6.07, 6.45) is 5.73. The van der Waals surface area contributed by atoms with Crippen molar-refractivity contribution < 1.29 is 14.6 Å². The molecule has 16 heavy (non-hydrogen) atoms. The molecule has 0 aromatic heterocycles. The van der Waals surface area contributed by atoms with Gasteiger partial charge >= 0.3 is 5.97 Å². The predicted molar refractivity (Wildman–Crippen MR) is 60.5 cm³/mol. The second-order valence-electron chi connectivity index (χ2n) is 4.95. The van der Waals surface area contributed by atoms with Crippen LogP contribution >= 0.6 is 0 Å². The Labute approximate surface area is 96.6 Å². The number of hydrogen-bond acceptors (Lipinski definition) is 3. The first-order valence-corrected chi connectivity index (χ1v) is 6.28. The predicted octanol–water partition coefficient (Wildman–Crippen LogP) is 1.50. The number of hydrogen-bond donors (Lipinski definition) is 1. The molecule has 4 heteroatoms. The topological polar surface area (TPSA) is 49.8 Å². The highest BCUT2D eigenvalue weighted by Gasteiger charge is 2.40. The van der Waals surface area contributed by atoms with Crippen LogP contribution in [0.1, 0.15) is 38.5 Å². The molecule has 4 nitrogen and oxygen atoms in total. The molecule has 2 rings (SSSR count). The van der Waals surface area contributed by atoms with Crippen molar-refractivity contribution >= 4 is 5.97 Å². The van der Waals surface area contributed by atoms with E-state index in [4.69, 9.17) is 9.84 Å². The molecule has 0 unspecified atom stereocenters. The molecule has 2 fully saturated rings. The zero-order valence-corrected chi connectivity index (χ0v) is 9.78.